The van der Waals surface area contributed by atoms with Crippen molar-refractivity contribution >= 4 is 28.2 Å². The number of carboxylic acid groups (broad SMARTS) is 1. The van der Waals surface area contributed by atoms with Crippen LogP contribution in [0.25, 0.3) is 0 Å². The van der Waals surface area contributed by atoms with Crippen LogP contribution in [0.3, 0.4) is 0 Å². The fraction of sp³-hybridized carbons (Fsp3) is 0.0909. The number of para-hydroxylation sites is 1. The van der Waals surface area contributed by atoms with Gasteiger partial charge < -0.3 is 10.4 Å². The van der Waals surface area contributed by atoms with E-state index >= 15 is 0 Å². The quantitative estimate of drug-likeness (QED) is 0.857. The van der Waals surface area contributed by atoms with Crippen molar-refractivity contribution < 1.29 is 9.90 Å². The predicted octanol–water partition coefficient (Wildman–Crippen LogP) is 2.89. The Morgan fingerprint density at radius 1 is 1.38 bits per heavy atom. The summed E-state index contributed by atoms with van der Waals surface area (Å²) < 4.78 is 4.03. The molecule has 0 aliphatic rings. The summed E-state index contributed by atoms with van der Waals surface area (Å²) in [6.07, 6.45) is 0. The molecule has 0 atom stereocenters. The zero-order valence-corrected chi connectivity index (χ0v) is 9.41. The van der Waals surface area contributed by atoms with Gasteiger partial charge in [-0.15, -0.1) is 0 Å². The average Bonchev–Trinajstić information content (AvgIpc) is 2.61. The van der Waals surface area contributed by atoms with Crippen LogP contribution in [0, 0.1) is 6.92 Å². The lowest BCUT2D eigenvalue weighted by molar-refractivity contribution is 0.0697. The molecule has 1 aromatic heterocycles. The summed E-state index contributed by atoms with van der Waals surface area (Å²) in [5, 5.41) is 12.7. The van der Waals surface area contributed by atoms with Crippen LogP contribution in [0.15, 0.2) is 30.3 Å². The molecule has 0 spiro atoms. The summed E-state index contributed by atoms with van der Waals surface area (Å²) in [5.74, 6) is -0.954. The lowest BCUT2D eigenvalue weighted by Crippen LogP contribution is -2.01. The SMILES string of the molecule is Cc1nsc(Nc2ccccc2)c1C(=O)O. The minimum Gasteiger partial charge on any atom is -0.478 e. The van der Waals surface area contributed by atoms with Gasteiger partial charge in [-0.1, -0.05) is 18.2 Å². The van der Waals surface area contributed by atoms with Gasteiger partial charge in [-0.05, 0) is 30.6 Å². The molecule has 0 saturated carbocycles. The van der Waals surface area contributed by atoms with Crippen molar-refractivity contribution in [1.29, 1.82) is 0 Å². The molecule has 0 saturated heterocycles. The maximum Gasteiger partial charge on any atom is 0.340 e. The van der Waals surface area contributed by atoms with E-state index in [9.17, 15) is 4.79 Å². The molecule has 1 heterocycles. The topological polar surface area (TPSA) is 62.2 Å². The molecule has 2 aromatic rings. The number of nitrogens with zero attached hydrogens (tertiary/aromatic N) is 1. The highest BCUT2D eigenvalue weighted by Gasteiger charge is 2.17. The Balaban J connectivity index is 2.32. The molecule has 0 fully saturated rings. The van der Waals surface area contributed by atoms with Crippen LogP contribution >= 0.6 is 11.5 Å². The largest absolute Gasteiger partial charge is 0.478 e. The highest BCUT2D eigenvalue weighted by Crippen LogP contribution is 2.27. The van der Waals surface area contributed by atoms with Gasteiger partial charge in [0.1, 0.15) is 10.6 Å². The maximum absolute atomic E-state index is 11.0. The van der Waals surface area contributed by atoms with Crippen molar-refractivity contribution in [2.75, 3.05) is 5.32 Å². The Kier molecular flexibility index (Phi) is 2.87. The highest BCUT2D eigenvalue weighted by atomic mass is 32.1. The third kappa shape index (κ3) is 2.04. The normalized spacial score (nSPS) is 10.1. The third-order valence-corrected chi connectivity index (χ3v) is 2.96. The number of nitrogens with one attached hydrogen (secondary N) is 1. The second-order valence-corrected chi connectivity index (χ2v) is 4.04. The fourth-order valence-electron chi connectivity index (χ4n) is 1.36. The number of aromatic carboxylic acids is 1. The molecular formula is C11H10N2O2S. The molecule has 5 heteroatoms. The van der Waals surface area contributed by atoms with E-state index in [4.69, 9.17) is 5.11 Å². The van der Waals surface area contributed by atoms with E-state index in [1.54, 1.807) is 6.92 Å². The molecule has 0 radical (unpaired) electrons. The van der Waals surface area contributed by atoms with Crippen molar-refractivity contribution in [2.24, 2.45) is 0 Å². The lowest BCUT2D eigenvalue weighted by Gasteiger charge is -2.03. The van der Waals surface area contributed by atoms with Crippen molar-refractivity contribution in [3.63, 3.8) is 0 Å². The van der Waals surface area contributed by atoms with Crippen LogP contribution in [0.1, 0.15) is 16.1 Å². The third-order valence-electron chi connectivity index (χ3n) is 2.11. The number of hydrogen-bond donors (Lipinski definition) is 2. The molecular weight excluding hydrogens is 224 g/mol. The summed E-state index contributed by atoms with van der Waals surface area (Å²) in [5.41, 5.74) is 1.64. The smallest absolute Gasteiger partial charge is 0.340 e. The van der Waals surface area contributed by atoms with E-state index in [-0.39, 0.29) is 5.56 Å². The average molecular weight is 234 g/mol. The van der Waals surface area contributed by atoms with Crippen LogP contribution < -0.4 is 5.32 Å². The number of benzene rings is 1. The number of aromatic nitrogens is 1. The standard InChI is InChI=1S/C11H10N2O2S/c1-7-9(11(14)15)10(16-13-7)12-8-5-3-2-4-6-8/h2-6,12H,1H3,(H,14,15). The van der Waals surface area contributed by atoms with Crippen molar-refractivity contribution in [3.8, 4) is 0 Å². The summed E-state index contributed by atoms with van der Waals surface area (Å²) in [7, 11) is 0. The molecule has 0 bridgehead atoms. The zero-order valence-electron chi connectivity index (χ0n) is 8.60. The Hall–Kier alpha value is -1.88. The van der Waals surface area contributed by atoms with E-state index < -0.39 is 5.97 Å². The lowest BCUT2D eigenvalue weighted by atomic mass is 10.2. The molecule has 0 amide bonds. The molecule has 4 nitrogen and oxygen atoms in total. The Labute approximate surface area is 96.7 Å². The second kappa shape index (κ2) is 4.32. The van der Waals surface area contributed by atoms with Crippen LogP contribution in [0.4, 0.5) is 10.7 Å². The molecule has 0 aliphatic heterocycles. The van der Waals surface area contributed by atoms with Crippen molar-refractivity contribution in [3.05, 3.63) is 41.6 Å². The van der Waals surface area contributed by atoms with Gasteiger partial charge in [0.2, 0.25) is 0 Å². The van der Waals surface area contributed by atoms with Crippen LogP contribution in [-0.4, -0.2) is 15.4 Å². The second-order valence-electron chi connectivity index (χ2n) is 3.27. The van der Waals surface area contributed by atoms with Gasteiger partial charge in [0, 0.05) is 5.69 Å². The van der Waals surface area contributed by atoms with Crippen LogP contribution in [0.5, 0.6) is 0 Å². The first-order chi connectivity index (χ1) is 7.68. The van der Waals surface area contributed by atoms with Crippen LogP contribution in [-0.2, 0) is 0 Å². The van der Waals surface area contributed by atoms with Gasteiger partial charge in [-0.25, -0.2) is 4.79 Å². The minimum atomic E-state index is -0.954. The first-order valence-electron chi connectivity index (χ1n) is 4.70. The van der Waals surface area contributed by atoms with E-state index in [0.29, 0.717) is 10.7 Å². The van der Waals surface area contributed by atoms with Gasteiger partial charge in [-0.3, -0.25) is 0 Å². The number of anilines is 2. The predicted molar refractivity (Wildman–Crippen MR) is 63.5 cm³/mol. The summed E-state index contributed by atoms with van der Waals surface area (Å²) in [4.78, 5) is 11.0. The molecule has 2 rings (SSSR count). The van der Waals surface area contributed by atoms with E-state index in [0.717, 1.165) is 17.2 Å². The van der Waals surface area contributed by atoms with E-state index in [1.807, 2.05) is 30.3 Å². The minimum absolute atomic E-state index is 0.244. The molecule has 82 valence electrons. The summed E-state index contributed by atoms with van der Waals surface area (Å²) >= 11 is 1.16. The van der Waals surface area contributed by atoms with Gasteiger partial charge in [-0.2, -0.15) is 4.37 Å². The van der Waals surface area contributed by atoms with E-state index in [2.05, 4.69) is 9.69 Å². The van der Waals surface area contributed by atoms with Crippen LogP contribution in [0.2, 0.25) is 0 Å². The highest BCUT2D eigenvalue weighted by molar-refractivity contribution is 7.10. The van der Waals surface area contributed by atoms with Gasteiger partial charge >= 0.3 is 5.97 Å². The molecule has 16 heavy (non-hydrogen) atoms. The first-order valence-corrected chi connectivity index (χ1v) is 5.47. The number of rotatable bonds is 3. The number of aryl methyl sites for hydroxylation is 1. The Bertz CT molecular complexity index is 508. The van der Waals surface area contributed by atoms with Gasteiger partial charge in [0.25, 0.3) is 0 Å². The first kappa shape index (κ1) is 10.6. The van der Waals surface area contributed by atoms with E-state index in [1.165, 1.54) is 0 Å². The molecule has 0 unspecified atom stereocenters. The van der Waals surface area contributed by atoms with Crippen molar-refractivity contribution in [1.82, 2.24) is 4.37 Å². The molecule has 1 aromatic carbocycles. The maximum atomic E-state index is 11.0. The number of hydrogen-bond acceptors (Lipinski definition) is 4. The Morgan fingerprint density at radius 3 is 2.69 bits per heavy atom. The van der Waals surface area contributed by atoms with Gasteiger partial charge in [0.05, 0.1) is 5.69 Å². The number of carbonyl (C=O) groups is 1. The van der Waals surface area contributed by atoms with Gasteiger partial charge in [0.15, 0.2) is 0 Å². The molecule has 2 N–H and O–H groups in total. The fourth-order valence-corrected chi connectivity index (χ4v) is 2.17. The van der Waals surface area contributed by atoms with Crippen molar-refractivity contribution in [2.45, 2.75) is 6.92 Å². The monoisotopic (exact) mass is 234 g/mol. The number of carboxylic acids is 1. The summed E-state index contributed by atoms with van der Waals surface area (Å²) in [6, 6.07) is 9.43. The molecule has 0 aliphatic carbocycles. The summed E-state index contributed by atoms with van der Waals surface area (Å²) in [6.45, 7) is 1.69. The Morgan fingerprint density at radius 2 is 2.06 bits per heavy atom. The zero-order chi connectivity index (χ0) is 11.5.